The van der Waals surface area contributed by atoms with E-state index in [4.69, 9.17) is 11.6 Å². The second-order valence-corrected chi connectivity index (χ2v) is 8.45. The first kappa shape index (κ1) is 20.1. The molecule has 1 atom stereocenters. The Morgan fingerprint density at radius 3 is 2.70 bits per heavy atom. The van der Waals surface area contributed by atoms with Gasteiger partial charge in [-0.2, -0.15) is 0 Å². The molecule has 1 N–H and O–H groups in total. The van der Waals surface area contributed by atoms with Crippen molar-refractivity contribution < 1.29 is 9.18 Å². The Kier molecular flexibility index (Phi) is 6.40. The molecule has 1 aromatic heterocycles. The van der Waals surface area contributed by atoms with Crippen molar-refractivity contribution in [1.29, 1.82) is 0 Å². The van der Waals surface area contributed by atoms with E-state index in [1.54, 1.807) is 24.9 Å². The Morgan fingerprint density at radius 2 is 2.07 bits per heavy atom. The maximum absolute atomic E-state index is 14.9. The lowest BCUT2D eigenvalue weighted by molar-refractivity contribution is 0.146. The summed E-state index contributed by atoms with van der Waals surface area (Å²) < 4.78 is 14.9. The van der Waals surface area contributed by atoms with Gasteiger partial charge >= 0.3 is 6.03 Å². The van der Waals surface area contributed by atoms with Gasteiger partial charge in [0.15, 0.2) is 0 Å². The summed E-state index contributed by atoms with van der Waals surface area (Å²) in [6.45, 7) is 3.73. The van der Waals surface area contributed by atoms with Crippen molar-refractivity contribution in [1.82, 2.24) is 15.1 Å². The second kappa shape index (κ2) is 8.59. The lowest BCUT2D eigenvalue weighted by atomic mass is 10.0. The van der Waals surface area contributed by atoms with Crippen molar-refractivity contribution in [3.05, 3.63) is 46.0 Å². The van der Waals surface area contributed by atoms with Gasteiger partial charge in [0.2, 0.25) is 0 Å². The van der Waals surface area contributed by atoms with Crippen LogP contribution in [0.15, 0.2) is 29.6 Å². The maximum Gasteiger partial charge on any atom is 0.317 e. The van der Waals surface area contributed by atoms with Gasteiger partial charge in [-0.05, 0) is 51.3 Å². The fourth-order valence-electron chi connectivity index (χ4n) is 3.43. The third-order valence-corrected chi connectivity index (χ3v) is 6.53. The normalized spacial score (nSPS) is 16.9. The highest BCUT2D eigenvalue weighted by atomic mass is 35.5. The highest BCUT2D eigenvalue weighted by molar-refractivity contribution is 7.13. The van der Waals surface area contributed by atoms with Crippen molar-refractivity contribution >= 4 is 29.0 Å². The molecule has 0 radical (unpaired) electrons. The summed E-state index contributed by atoms with van der Waals surface area (Å²) in [5.41, 5.74) is 1.07. The maximum atomic E-state index is 14.9. The fourth-order valence-corrected chi connectivity index (χ4v) is 4.52. The first-order valence-electron chi connectivity index (χ1n) is 9.12. The number of urea groups is 1. The van der Waals surface area contributed by atoms with Crippen LogP contribution in [0.2, 0.25) is 5.02 Å². The molecule has 2 heterocycles. The van der Waals surface area contributed by atoms with Gasteiger partial charge in [-0.15, -0.1) is 11.3 Å². The third-order valence-electron chi connectivity index (χ3n) is 5.26. The van der Waals surface area contributed by atoms with Crippen LogP contribution in [0.4, 0.5) is 9.18 Å². The van der Waals surface area contributed by atoms with E-state index in [9.17, 15) is 9.18 Å². The van der Waals surface area contributed by atoms with Crippen LogP contribution in [-0.4, -0.2) is 49.1 Å². The third kappa shape index (κ3) is 4.45. The Bertz CT molecular complexity index is 791. The minimum absolute atomic E-state index is 0.0970. The summed E-state index contributed by atoms with van der Waals surface area (Å²) in [4.78, 5) is 17.5. The van der Waals surface area contributed by atoms with E-state index in [1.165, 1.54) is 11.3 Å². The monoisotopic (exact) mass is 409 g/mol. The zero-order valence-electron chi connectivity index (χ0n) is 15.8. The smallest absolute Gasteiger partial charge is 0.317 e. The predicted octanol–water partition coefficient (Wildman–Crippen LogP) is 5.00. The summed E-state index contributed by atoms with van der Waals surface area (Å²) >= 11 is 7.78. The molecule has 1 saturated heterocycles. The molecule has 2 amide bonds. The Labute approximate surface area is 168 Å². The van der Waals surface area contributed by atoms with Crippen LogP contribution >= 0.6 is 22.9 Å². The van der Waals surface area contributed by atoms with Gasteiger partial charge in [-0.1, -0.05) is 29.8 Å². The first-order valence-corrected chi connectivity index (χ1v) is 10.4. The van der Waals surface area contributed by atoms with E-state index in [0.717, 1.165) is 30.8 Å². The number of carbonyl (C=O) groups is 1. The number of hydrogen-bond donors (Lipinski definition) is 1. The summed E-state index contributed by atoms with van der Waals surface area (Å²) in [6.07, 6.45) is 1.90. The standard InChI is InChI=1S/C20H25ClFN3OS/c1-13(23-20(26)25(3)14-8-10-24(2)11-9-14)15-6-7-16(18(21)19(15)22)17-5-4-12-27-17/h4-7,12-14H,8-11H2,1-3H3,(H,23,26). The molecule has 1 aromatic carbocycles. The van der Waals surface area contributed by atoms with Gasteiger partial charge < -0.3 is 15.1 Å². The SMILES string of the molecule is CC(NC(=O)N(C)C1CCN(C)CC1)c1ccc(-c2cccs2)c(Cl)c1F. The number of piperidine rings is 1. The molecular formula is C20H25ClFN3OS. The number of halogens is 2. The van der Waals surface area contributed by atoms with Gasteiger partial charge in [0, 0.05) is 29.1 Å². The molecule has 7 heteroatoms. The van der Waals surface area contributed by atoms with Crippen LogP contribution in [0.25, 0.3) is 10.4 Å². The molecule has 2 aromatic rings. The lowest BCUT2D eigenvalue weighted by Crippen LogP contribution is -2.48. The summed E-state index contributed by atoms with van der Waals surface area (Å²) in [5.74, 6) is -0.475. The highest BCUT2D eigenvalue weighted by Crippen LogP contribution is 2.35. The van der Waals surface area contributed by atoms with Crippen LogP contribution < -0.4 is 5.32 Å². The number of benzene rings is 1. The van der Waals surface area contributed by atoms with E-state index in [-0.39, 0.29) is 17.1 Å². The van der Waals surface area contributed by atoms with E-state index in [2.05, 4.69) is 17.3 Å². The van der Waals surface area contributed by atoms with Crippen molar-refractivity contribution in [3.8, 4) is 10.4 Å². The Morgan fingerprint density at radius 1 is 1.37 bits per heavy atom. The van der Waals surface area contributed by atoms with E-state index >= 15 is 0 Å². The number of nitrogens with zero attached hydrogens (tertiary/aromatic N) is 2. The summed E-state index contributed by atoms with van der Waals surface area (Å²) in [5, 5.41) is 4.93. The minimum atomic E-state index is -0.475. The number of amides is 2. The largest absolute Gasteiger partial charge is 0.331 e. The molecule has 4 nitrogen and oxygen atoms in total. The van der Waals surface area contributed by atoms with Gasteiger partial charge in [0.1, 0.15) is 5.82 Å². The van der Waals surface area contributed by atoms with Crippen LogP contribution in [-0.2, 0) is 0 Å². The molecule has 27 heavy (non-hydrogen) atoms. The minimum Gasteiger partial charge on any atom is -0.331 e. The lowest BCUT2D eigenvalue weighted by Gasteiger charge is -2.35. The van der Waals surface area contributed by atoms with E-state index in [0.29, 0.717) is 11.1 Å². The Balaban J connectivity index is 1.69. The number of nitrogens with one attached hydrogen (secondary N) is 1. The topological polar surface area (TPSA) is 35.6 Å². The van der Waals surface area contributed by atoms with Gasteiger partial charge in [0.25, 0.3) is 0 Å². The van der Waals surface area contributed by atoms with Crippen molar-refractivity contribution in [2.24, 2.45) is 0 Å². The fraction of sp³-hybridized carbons (Fsp3) is 0.450. The van der Waals surface area contributed by atoms with Crippen LogP contribution in [0.1, 0.15) is 31.4 Å². The number of thiophene rings is 1. The van der Waals surface area contributed by atoms with E-state index in [1.807, 2.05) is 23.6 Å². The summed E-state index contributed by atoms with van der Waals surface area (Å²) in [6, 6.07) is 6.89. The molecule has 3 rings (SSSR count). The van der Waals surface area contributed by atoms with Gasteiger partial charge in [-0.25, -0.2) is 9.18 Å². The van der Waals surface area contributed by atoms with Crippen molar-refractivity contribution in [2.75, 3.05) is 27.2 Å². The van der Waals surface area contributed by atoms with Gasteiger partial charge in [-0.3, -0.25) is 0 Å². The zero-order chi connectivity index (χ0) is 19.6. The highest BCUT2D eigenvalue weighted by Gasteiger charge is 2.26. The summed E-state index contributed by atoms with van der Waals surface area (Å²) in [7, 11) is 3.89. The van der Waals surface area contributed by atoms with Crippen LogP contribution in [0.3, 0.4) is 0 Å². The Hall–Kier alpha value is -1.63. The molecule has 0 bridgehead atoms. The molecule has 1 fully saturated rings. The quantitative estimate of drug-likeness (QED) is 0.770. The number of hydrogen-bond acceptors (Lipinski definition) is 3. The average molecular weight is 410 g/mol. The number of carbonyl (C=O) groups excluding carboxylic acids is 1. The molecule has 0 spiro atoms. The molecule has 1 aliphatic rings. The molecular weight excluding hydrogens is 385 g/mol. The van der Waals surface area contributed by atoms with Crippen LogP contribution in [0.5, 0.6) is 0 Å². The number of rotatable bonds is 4. The first-order chi connectivity index (χ1) is 12.9. The number of likely N-dealkylation sites (tertiary alicyclic amines) is 1. The van der Waals surface area contributed by atoms with Crippen molar-refractivity contribution in [2.45, 2.75) is 31.8 Å². The van der Waals surface area contributed by atoms with Crippen LogP contribution in [0, 0.1) is 5.82 Å². The predicted molar refractivity (Wildman–Crippen MR) is 110 cm³/mol. The second-order valence-electron chi connectivity index (χ2n) is 7.12. The molecule has 1 aliphatic heterocycles. The molecule has 0 saturated carbocycles. The zero-order valence-corrected chi connectivity index (χ0v) is 17.4. The average Bonchev–Trinajstić information content (AvgIpc) is 3.18. The molecule has 0 aliphatic carbocycles. The van der Waals surface area contributed by atoms with Gasteiger partial charge in [0.05, 0.1) is 11.1 Å². The van der Waals surface area contributed by atoms with Crippen molar-refractivity contribution in [3.63, 3.8) is 0 Å². The van der Waals surface area contributed by atoms with E-state index < -0.39 is 11.9 Å². The molecule has 1 unspecified atom stereocenters. The molecule has 146 valence electrons.